The van der Waals surface area contributed by atoms with Gasteiger partial charge in [-0.15, -0.1) is 10.2 Å². The van der Waals surface area contributed by atoms with Crippen molar-refractivity contribution in [2.24, 2.45) is 5.10 Å². The molecule has 1 aromatic heterocycles. The number of thioether (sulfide) groups is 1. The summed E-state index contributed by atoms with van der Waals surface area (Å²) in [5.74, 6) is 1.57. The number of aromatic nitrogens is 3. The quantitative estimate of drug-likeness (QED) is 0.553. The van der Waals surface area contributed by atoms with Crippen molar-refractivity contribution in [1.82, 2.24) is 14.9 Å². The van der Waals surface area contributed by atoms with Crippen LogP contribution in [0.25, 0.3) is 11.4 Å². The minimum atomic E-state index is 0.151. The van der Waals surface area contributed by atoms with Gasteiger partial charge in [0.15, 0.2) is 5.82 Å². The third kappa shape index (κ3) is 3.35. The van der Waals surface area contributed by atoms with Gasteiger partial charge in [0.2, 0.25) is 5.16 Å². The normalized spacial score (nSPS) is 14.1. The van der Waals surface area contributed by atoms with Crippen molar-refractivity contribution in [3.63, 3.8) is 0 Å². The lowest BCUT2D eigenvalue weighted by Gasteiger charge is -2.20. The Bertz CT molecular complexity index is 967. The number of hydrogen-bond donors (Lipinski definition) is 0. The van der Waals surface area contributed by atoms with E-state index in [0.717, 1.165) is 38.0 Å². The van der Waals surface area contributed by atoms with Gasteiger partial charge in [-0.05, 0) is 28.7 Å². The first-order valence-corrected chi connectivity index (χ1v) is 10.2. The molecule has 0 bridgehead atoms. The number of halogens is 1. The molecule has 6 heteroatoms. The standard InChI is InChI=1S/C20H19BrN4S/c1-20(2,3)15-8-4-13(5-9-15)17-12-26-19-23-22-18(25(19)24-17)14-6-10-16(21)11-7-14/h4-11H,12H2,1-3H3. The van der Waals surface area contributed by atoms with Gasteiger partial charge in [-0.3, -0.25) is 0 Å². The van der Waals surface area contributed by atoms with Crippen LogP contribution in [0.2, 0.25) is 0 Å². The summed E-state index contributed by atoms with van der Waals surface area (Å²) in [6.07, 6.45) is 0. The molecular formula is C20H19BrN4S. The topological polar surface area (TPSA) is 43.1 Å². The van der Waals surface area contributed by atoms with Gasteiger partial charge < -0.3 is 0 Å². The van der Waals surface area contributed by atoms with Crippen molar-refractivity contribution in [1.29, 1.82) is 0 Å². The number of rotatable bonds is 2. The second kappa shape index (κ2) is 6.67. The van der Waals surface area contributed by atoms with Crippen molar-refractivity contribution < 1.29 is 0 Å². The number of nitrogens with zero attached hydrogens (tertiary/aromatic N) is 4. The zero-order valence-corrected chi connectivity index (χ0v) is 17.3. The summed E-state index contributed by atoms with van der Waals surface area (Å²) in [6, 6.07) is 16.8. The molecule has 1 aliphatic heterocycles. The van der Waals surface area contributed by atoms with Gasteiger partial charge in [0.1, 0.15) is 0 Å². The molecule has 2 heterocycles. The van der Waals surface area contributed by atoms with Gasteiger partial charge in [-0.25, -0.2) is 0 Å². The molecule has 0 N–H and O–H groups in total. The Morgan fingerprint density at radius 1 is 0.923 bits per heavy atom. The molecule has 26 heavy (non-hydrogen) atoms. The molecule has 1 aliphatic rings. The number of benzene rings is 2. The summed E-state index contributed by atoms with van der Waals surface area (Å²) in [5.41, 5.74) is 4.66. The van der Waals surface area contributed by atoms with Crippen LogP contribution in [0.1, 0.15) is 31.9 Å². The Morgan fingerprint density at radius 2 is 1.58 bits per heavy atom. The van der Waals surface area contributed by atoms with E-state index in [4.69, 9.17) is 5.10 Å². The minimum Gasteiger partial charge on any atom is -0.187 e. The van der Waals surface area contributed by atoms with E-state index in [1.54, 1.807) is 11.8 Å². The third-order valence-electron chi connectivity index (χ3n) is 4.36. The van der Waals surface area contributed by atoms with Crippen LogP contribution in [-0.4, -0.2) is 26.3 Å². The molecule has 0 atom stereocenters. The maximum absolute atomic E-state index is 4.84. The first kappa shape index (κ1) is 17.5. The molecule has 0 spiro atoms. The summed E-state index contributed by atoms with van der Waals surface area (Å²) in [7, 11) is 0. The average molecular weight is 427 g/mol. The number of fused-ring (bicyclic) bond motifs is 1. The molecule has 4 nitrogen and oxygen atoms in total. The fourth-order valence-corrected chi connectivity index (χ4v) is 3.91. The summed E-state index contributed by atoms with van der Waals surface area (Å²) in [5, 5.41) is 14.3. The van der Waals surface area contributed by atoms with E-state index < -0.39 is 0 Å². The van der Waals surface area contributed by atoms with Crippen molar-refractivity contribution in [2.45, 2.75) is 31.3 Å². The zero-order chi connectivity index (χ0) is 18.3. The zero-order valence-electron chi connectivity index (χ0n) is 14.9. The fourth-order valence-electron chi connectivity index (χ4n) is 2.81. The van der Waals surface area contributed by atoms with Crippen molar-refractivity contribution in [3.05, 3.63) is 64.1 Å². The molecule has 0 amide bonds. The lowest BCUT2D eigenvalue weighted by Crippen LogP contribution is -2.15. The first-order chi connectivity index (χ1) is 12.4. The summed E-state index contributed by atoms with van der Waals surface area (Å²) in [4.78, 5) is 0. The van der Waals surface area contributed by atoms with Crippen LogP contribution in [0.4, 0.5) is 0 Å². The van der Waals surface area contributed by atoms with Crippen LogP contribution < -0.4 is 0 Å². The van der Waals surface area contributed by atoms with E-state index in [9.17, 15) is 0 Å². The Hall–Kier alpha value is -1.92. The molecule has 2 aromatic carbocycles. The molecule has 0 fully saturated rings. The minimum absolute atomic E-state index is 0.151. The second-order valence-corrected chi connectivity index (χ2v) is 9.15. The molecule has 0 radical (unpaired) electrons. The Kier molecular flexibility index (Phi) is 4.49. The van der Waals surface area contributed by atoms with E-state index in [-0.39, 0.29) is 5.41 Å². The highest BCUT2D eigenvalue weighted by Gasteiger charge is 2.21. The molecule has 3 aromatic rings. The van der Waals surface area contributed by atoms with Crippen LogP contribution in [0.15, 0.2) is 63.3 Å². The predicted molar refractivity (Wildman–Crippen MR) is 111 cm³/mol. The van der Waals surface area contributed by atoms with E-state index in [2.05, 4.69) is 71.2 Å². The third-order valence-corrected chi connectivity index (χ3v) is 5.82. The van der Waals surface area contributed by atoms with Gasteiger partial charge in [-0.2, -0.15) is 9.78 Å². The Balaban J connectivity index is 1.71. The van der Waals surface area contributed by atoms with Gasteiger partial charge in [0.05, 0.1) is 5.71 Å². The average Bonchev–Trinajstić information content (AvgIpc) is 3.05. The molecule has 0 saturated heterocycles. The molecule has 0 saturated carbocycles. The SMILES string of the molecule is CC(C)(C)c1ccc(C2=Nn3c(nnc3-c3ccc(Br)cc3)SC2)cc1. The smallest absolute Gasteiger partial charge is 0.187 e. The maximum Gasteiger partial charge on any atom is 0.212 e. The van der Waals surface area contributed by atoms with Crippen LogP contribution in [0.3, 0.4) is 0 Å². The van der Waals surface area contributed by atoms with Crippen LogP contribution in [0.5, 0.6) is 0 Å². The van der Waals surface area contributed by atoms with Crippen molar-refractivity contribution in [3.8, 4) is 11.4 Å². The van der Waals surface area contributed by atoms with Crippen molar-refractivity contribution >= 4 is 33.4 Å². The second-order valence-electron chi connectivity index (χ2n) is 7.29. The fraction of sp³-hybridized carbons (Fsp3) is 0.250. The molecule has 4 rings (SSSR count). The van der Waals surface area contributed by atoms with Gasteiger partial charge >= 0.3 is 0 Å². The van der Waals surface area contributed by atoms with Crippen LogP contribution in [-0.2, 0) is 5.41 Å². The highest BCUT2D eigenvalue weighted by molar-refractivity contribution is 9.10. The lowest BCUT2D eigenvalue weighted by atomic mass is 9.86. The van der Waals surface area contributed by atoms with E-state index >= 15 is 0 Å². The monoisotopic (exact) mass is 426 g/mol. The van der Waals surface area contributed by atoms with E-state index in [0.29, 0.717) is 0 Å². The maximum atomic E-state index is 4.84. The Morgan fingerprint density at radius 3 is 2.23 bits per heavy atom. The largest absolute Gasteiger partial charge is 0.212 e. The Labute approximate surface area is 165 Å². The van der Waals surface area contributed by atoms with Crippen LogP contribution in [0, 0.1) is 0 Å². The van der Waals surface area contributed by atoms with Gasteiger partial charge in [0.25, 0.3) is 0 Å². The van der Waals surface area contributed by atoms with Gasteiger partial charge in [0, 0.05) is 15.8 Å². The van der Waals surface area contributed by atoms with Crippen LogP contribution >= 0.6 is 27.7 Å². The van der Waals surface area contributed by atoms with Crippen molar-refractivity contribution in [2.75, 3.05) is 5.75 Å². The summed E-state index contributed by atoms with van der Waals surface area (Å²) < 4.78 is 2.89. The summed E-state index contributed by atoms with van der Waals surface area (Å²) in [6.45, 7) is 6.68. The molecule has 0 aliphatic carbocycles. The lowest BCUT2D eigenvalue weighted by molar-refractivity contribution is 0.590. The highest BCUT2D eigenvalue weighted by atomic mass is 79.9. The highest BCUT2D eigenvalue weighted by Crippen LogP contribution is 2.29. The molecular weight excluding hydrogens is 408 g/mol. The predicted octanol–water partition coefficient (Wildman–Crippen LogP) is 5.36. The molecule has 132 valence electrons. The first-order valence-electron chi connectivity index (χ1n) is 8.45. The summed E-state index contributed by atoms with van der Waals surface area (Å²) >= 11 is 5.14. The van der Waals surface area contributed by atoms with Gasteiger partial charge in [-0.1, -0.05) is 84.9 Å². The van der Waals surface area contributed by atoms with E-state index in [1.165, 1.54) is 5.56 Å². The molecule has 0 unspecified atom stereocenters. The number of hydrogen-bond acceptors (Lipinski definition) is 4. The van der Waals surface area contributed by atoms with E-state index in [1.807, 2.05) is 28.9 Å².